The van der Waals surface area contributed by atoms with Crippen LogP contribution in [-0.2, 0) is 9.53 Å². The number of carbonyl (C=O) groups excluding carboxylic acids is 1. The minimum atomic E-state index is -0.577. The smallest absolute Gasteiger partial charge is 0.245 e. The minimum absolute atomic E-state index is 0.0101. The lowest BCUT2D eigenvalue weighted by Crippen LogP contribution is -2.42. The maximum atomic E-state index is 12.3. The second-order valence-corrected chi connectivity index (χ2v) is 5.68. The highest BCUT2D eigenvalue weighted by atomic mass is 35.5. The van der Waals surface area contributed by atoms with Gasteiger partial charge >= 0.3 is 0 Å². The molecule has 1 atom stereocenters. The van der Waals surface area contributed by atoms with Crippen molar-refractivity contribution in [1.29, 1.82) is 0 Å². The Morgan fingerprint density at radius 3 is 2.42 bits per heavy atom. The first-order valence-electron chi connectivity index (χ1n) is 6.86. The van der Waals surface area contributed by atoms with Crippen molar-refractivity contribution in [1.82, 2.24) is 4.90 Å². The van der Waals surface area contributed by atoms with E-state index < -0.39 is 5.38 Å². The first-order valence-corrected chi connectivity index (χ1v) is 7.30. The average molecular weight is 280 g/mol. The summed E-state index contributed by atoms with van der Waals surface area (Å²) in [5.74, 6) is 0.724. The molecule has 19 heavy (non-hydrogen) atoms. The molecular weight excluding hydrogens is 262 g/mol. The number of morpholine rings is 1. The summed E-state index contributed by atoms with van der Waals surface area (Å²) in [5.41, 5.74) is 2.26. The Kier molecular flexibility index (Phi) is 3.76. The van der Waals surface area contributed by atoms with E-state index in [-0.39, 0.29) is 5.91 Å². The first kappa shape index (κ1) is 12.9. The van der Waals surface area contributed by atoms with E-state index in [9.17, 15) is 4.79 Å². The summed E-state index contributed by atoms with van der Waals surface area (Å²) in [5, 5.41) is -0.577. The van der Waals surface area contributed by atoms with Gasteiger partial charge in [-0.3, -0.25) is 4.79 Å². The van der Waals surface area contributed by atoms with Gasteiger partial charge in [0.15, 0.2) is 0 Å². The summed E-state index contributed by atoms with van der Waals surface area (Å²) < 4.78 is 5.25. The monoisotopic (exact) mass is 279 g/mol. The van der Waals surface area contributed by atoms with Crippen LogP contribution in [0.3, 0.4) is 0 Å². The van der Waals surface area contributed by atoms with E-state index in [2.05, 4.69) is 12.1 Å². The summed E-state index contributed by atoms with van der Waals surface area (Å²) in [7, 11) is 0. The molecular formula is C15H18ClNO2. The standard InChI is InChI=1S/C15H18ClNO2/c16-14(15(18)17-7-9-19-10-8-17)13-5-3-12(4-6-13)11-1-2-11/h3-6,11,14H,1-2,7-10H2. The number of nitrogens with zero attached hydrogens (tertiary/aromatic N) is 1. The fourth-order valence-corrected chi connectivity index (χ4v) is 2.72. The highest BCUT2D eigenvalue weighted by Crippen LogP contribution is 2.40. The Labute approximate surface area is 118 Å². The highest BCUT2D eigenvalue weighted by molar-refractivity contribution is 6.30. The number of hydrogen-bond acceptors (Lipinski definition) is 2. The third-order valence-corrected chi connectivity index (χ3v) is 4.26. The van der Waals surface area contributed by atoms with Crippen molar-refractivity contribution < 1.29 is 9.53 Å². The van der Waals surface area contributed by atoms with Crippen LogP contribution in [0, 0.1) is 0 Å². The SMILES string of the molecule is O=C(C(Cl)c1ccc(C2CC2)cc1)N1CCOCC1. The lowest BCUT2D eigenvalue weighted by atomic mass is 10.1. The Balaban J connectivity index is 1.67. The van der Waals surface area contributed by atoms with E-state index in [1.54, 1.807) is 4.90 Å². The van der Waals surface area contributed by atoms with E-state index >= 15 is 0 Å². The fourth-order valence-electron chi connectivity index (χ4n) is 2.44. The number of halogens is 1. The van der Waals surface area contributed by atoms with Gasteiger partial charge in [-0.2, -0.15) is 0 Å². The van der Waals surface area contributed by atoms with Gasteiger partial charge in [-0.15, -0.1) is 11.6 Å². The van der Waals surface area contributed by atoms with Gasteiger partial charge in [0.25, 0.3) is 0 Å². The predicted molar refractivity (Wildman–Crippen MR) is 74.4 cm³/mol. The maximum Gasteiger partial charge on any atom is 0.245 e. The Bertz CT molecular complexity index is 450. The lowest BCUT2D eigenvalue weighted by Gasteiger charge is -2.28. The minimum Gasteiger partial charge on any atom is -0.378 e. The molecule has 0 aromatic heterocycles. The molecule has 2 fully saturated rings. The highest BCUT2D eigenvalue weighted by Gasteiger charge is 2.27. The molecule has 1 heterocycles. The zero-order chi connectivity index (χ0) is 13.2. The normalized spacial score (nSPS) is 21.2. The molecule has 0 N–H and O–H groups in total. The summed E-state index contributed by atoms with van der Waals surface area (Å²) in [6.45, 7) is 2.50. The molecule has 1 aliphatic heterocycles. The Hall–Kier alpha value is -1.06. The summed E-state index contributed by atoms with van der Waals surface area (Å²) in [6, 6.07) is 8.19. The van der Waals surface area contributed by atoms with Gasteiger partial charge in [0, 0.05) is 13.1 Å². The molecule has 2 aliphatic rings. The molecule has 0 radical (unpaired) electrons. The number of benzene rings is 1. The molecule has 1 saturated carbocycles. The zero-order valence-electron chi connectivity index (χ0n) is 10.8. The second-order valence-electron chi connectivity index (χ2n) is 5.24. The van der Waals surface area contributed by atoms with Crippen LogP contribution in [0.4, 0.5) is 0 Å². The fraction of sp³-hybridized carbons (Fsp3) is 0.533. The molecule has 0 spiro atoms. The third-order valence-electron chi connectivity index (χ3n) is 3.82. The molecule has 4 heteroatoms. The van der Waals surface area contributed by atoms with Crippen LogP contribution in [-0.4, -0.2) is 37.1 Å². The summed E-state index contributed by atoms with van der Waals surface area (Å²) >= 11 is 6.31. The van der Waals surface area contributed by atoms with Crippen LogP contribution < -0.4 is 0 Å². The van der Waals surface area contributed by atoms with Gasteiger partial charge in [0.2, 0.25) is 5.91 Å². The molecule has 1 aromatic carbocycles. The molecule has 1 saturated heterocycles. The maximum absolute atomic E-state index is 12.3. The molecule has 0 bridgehead atoms. The quantitative estimate of drug-likeness (QED) is 0.796. The van der Waals surface area contributed by atoms with Crippen LogP contribution >= 0.6 is 11.6 Å². The summed E-state index contributed by atoms with van der Waals surface area (Å²) in [4.78, 5) is 14.1. The molecule has 3 nitrogen and oxygen atoms in total. The van der Waals surface area contributed by atoms with Gasteiger partial charge in [0.05, 0.1) is 13.2 Å². The molecule has 1 unspecified atom stereocenters. The third kappa shape index (κ3) is 2.93. The number of ether oxygens (including phenoxy) is 1. The topological polar surface area (TPSA) is 29.5 Å². The van der Waals surface area contributed by atoms with Crippen molar-refractivity contribution in [2.24, 2.45) is 0 Å². The van der Waals surface area contributed by atoms with Crippen molar-refractivity contribution in [2.75, 3.05) is 26.3 Å². The van der Waals surface area contributed by atoms with E-state index in [1.165, 1.54) is 18.4 Å². The van der Waals surface area contributed by atoms with Gasteiger partial charge in [-0.1, -0.05) is 24.3 Å². The van der Waals surface area contributed by atoms with Crippen molar-refractivity contribution in [2.45, 2.75) is 24.1 Å². The first-order chi connectivity index (χ1) is 9.25. The number of alkyl halides is 1. The molecule has 102 valence electrons. The molecule has 1 aliphatic carbocycles. The average Bonchev–Trinajstić information content (AvgIpc) is 3.31. The summed E-state index contributed by atoms with van der Waals surface area (Å²) in [6.07, 6.45) is 2.58. The van der Waals surface area contributed by atoms with Gasteiger partial charge in [-0.05, 0) is 29.9 Å². The number of amides is 1. The van der Waals surface area contributed by atoms with Crippen LogP contribution in [0.2, 0.25) is 0 Å². The van der Waals surface area contributed by atoms with Crippen LogP contribution in [0.5, 0.6) is 0 Å². The van der Waals surface area contributed by atoms with Crippen LogP contribution in [0.15, 0.2) is 24.3 Å². The molecule has 1 aromatic rings. The van der Waals surface area contributed by atoms with Crippen molar-refractivity contribution in [3.8, 4) is 0 Å². The van der Waals surface area contributed by atoms with Crippen molar-refractivity contribution >= 4 is 17.5 Å². The Morgan fingerprint density at radius 1 is 1.21 bits per heavy atom. The predicted octanol–water partition coefficient (Wildman–Crippen LogP) is 2.70. The van der Waals surface area contributed by atoms with Crippen molar-refractivity contribution in [3.63, 3.8) is 0 Å². The number of carbonyl (C=O) groups is 1. The Morgan fingerprint density at radius 2 is 1.84 bits per heavy atom. The zero-order valence-corrected chi connectivity index (χ0v) is 11.6. The molecule has 1 amide bonds. The number of rotatable bonds is 3. The van der Waals surface area contributed by atoms with Crippen LogP contribution in [0.25, 0.3) is 0 Å². The number of hydrogen-bond donors (Lipinski definition) is 0. The molecule has 3 rings (SSSR count). The lowest BCUT2D eigenvalue weighted by molar-refractivity contribution is -0.134. The second kappa shape index (κ2) is 5.51. The van der Waals surface area contributed by atoms with E-state index in [0.717, 1.165) is 11.5 Å². The van der Waals surface area contributed by atoms with E-state index in [4.69, 9.17) is 16.3 Å². The van der Waals surface area contributed by atoms with Crippen LogP contribution in [0.1, 0.15) is 35.3 Å². The van der Waals surface area contributed by atoms with Crippen molar-refractivity contribution in [3.05, 3.63) is 35.4 Å². The van der Waals surface area contributed by atoms with Gasteiger partial charge < -0.3 is 9.64 Å². The van der Waals surface area contributed by atoms with E-state index in [1.807, 2.05) is 12.1 Å². The van der Waals surface area contributed by atoms with E-state index in [0.29, 0.717) is 26.3 Å². The van der Waals surface area contributed by atoms with Gasteiger partial charge in [-0.25, -0.2) is 0 Å². The largest absolute Gasteiger partial charge is 0.378 e. The van der Waals surface area contributed by atoms with Gasteiger partial charge in [0.1, 0.15) is 5.38 Å².